The number of hydrogen-bond donors (Lipinski definition) is 0. The summed E-state index contributed by atoms with van der Waals surface area (Å²) in [6.07, 6.45) is 5.90. The van der Waals surface area contributed by atoms with E-state index in [1.807, 2.05) is 35.2 Å². The van der Waals surface area contributed by atoms with Crippen molar-refractivity contribution < 1.29 is 9.59 Å². The van der Waals surface area contributed by atoms with Gasteiger partial charge in [-0.3, -0.25) is 14.6 Å². The van der Waals surface area contributed by atoms with Crippen molar-refractivity contribution in [1.29, 1.82) is 0 Å². The topological polar surface area (TPSA) is 66.4 Å². The average molecular weight is 322 g/mol. The number of rotatable bonds is 2. The molecule has 1 spiro atoms. The van der Waals surface area contributed by atoms with Gasteiger partial charge >= 0.3 is 0 Å². The highest BCUT2D eigenvalue weighted by molar-refractivity contribution is 5.97. The standard InChI is InChI=1S/C18H18N4O2/c23-16-10-18(13-22(16)14-4-2-1-3-5-14)6-9-21(12-18)17(24)15-11-19-7-8-20-15/h1-5,7-8,11H,6,9-10,12-13H2. The lowest BCUT2D eigenvalue weighted by Gasteiger charge is -2.24. The zero-order valence-corrected chi connectivity index (χ0v) is 13.3. The van der Waals surface area contributed by atoms with Crippen molar-refractivity contribution in [1.82, 2.24) is 14.9 Å². The van der Waals surface area contributed by atoms with Crippen LogP contribution < -0.4 is 4.90 Å². The van der Waals surface area contributed by atoms with Crippen molar-refractivity contribution in [3.8, 4) is 0 Å². The third kappa shape index (κ3) is 2.54. The number of hydrogen-bond acceptors (Lipinski definition) is 4. The van der Waals surface area contributed by atoms with E-state index in [1.165, 1.54) is 12.4 Å². The molecule has 24 heavy (non-hydrogen) atoms. The van der Waals surface area contributed by atoms with Crippen molar-refractivity contribution in [2.45, 2.75) is 12.8 Å². The molecule has 1 aromatic heterocycles. The van der Waals surface area contributed by atoms with Crippen molar-refractivity contribution >= 4 is 17.5 Å². The fraction of sp³-hybridized carbons (Fsp3) is 0.333. The smallest absolute Gasteiger partial charge is 0.274 e. The Morgan fingerprint density at radius 2 is 1.96 bits per heavy atom. The Labute approximate surface area is 140 Å². The summed E-state index contributed by atoms with van der Waals surface area (Å²) in [6, 6.07) is 9.72. The zero-order valence-electron chi connectivity index (χ0n) is 13.3. The molecule has 2 saturated heterocycles. The molecule has 3 heterocycles. The van der Waals surface area contributed by atoms with Crippen LogP contribution in [0, 0.1) is 5.41 Å². The van der Waals surface area contributed by atoms with E-state index in [0.717, 1.165) is 12.1 Å². The van der Waals surface area contributed by atoms with Gasteiger partial charge in [-0.15, -0.1) is 0 Å². The molecule has 4 rings (SSSR count). The predicted molar refractivity (Wildman–Crippen MR) is 88.4 cm³/mol. The van der Waals surface area contributed by atoms with Crippen molar-refractivity contribution in [3.63, 3.8) is 0 Å². The second-order valence-corrected chi connectivity index (χ2v) is 6.56. The van der Waals surface area contributed by atoms with Crippen LogP contribution in [-0.4, -0.2) is 46.3 Å². The van der Waals surface area contributed by atoms with Crippen molar-refractivity contribution in [3.05, 3.63) is 54.6 Å². The molecule has 2 fully saturated rings. The first-order valence-electron chi connectivity index (χ1n) is 8.08. The van der Waals surface area contributed by atoms with Gasteiger partial charge < -0.3 is 9.80 Å². The summed E-state index contributed by atoms with van der Waals surface area (Å²) >= 11 is 0. The van der Waals surface area contributed by atoms with Gasteiger partial charge in [-0.25, -0.2) is 4.98 Å². The van der Waals surface area contributed by atoms with E-state index < -0.39 is 0 Å². The third-order valence-electron chi connectivity index (χ3n) is 4.90. The first kappa shape index (κ1) is 14.8. The van der Waals surface area contributed by atoms with E-state index in [2.05, 4.69) is 9.97 Å². The van der Waals surface area contributed by atoms with Crippen LogP contribution in [0.3, 0.4) is 0 Å². The van der Waals surface area contributed by atoms with Gasteiger partial charge in [0.2, 0.25) is 5.91 Å². The fourth-order valence-corrected chi connectivity index (χ4v) is 3.69. The van der Waals surface area contributed by atoms with E-state index in [9.17, 15) is 9.59 Å². The molecule has 1 aromatic carbocycles. The molecule has 122 valence electrons. The number of amides is 2. The minimum absolute atomic E-state index is 0.106. The monoisotopic (exact) mass is 322 g/mol. The summed E-state index contributed by atoms with van der Waals surface area (Å²) in [7, 11) is 0. The lowest BCUT2D eigenvalue weighted by atomic mass is 9.86. The summed E-state index contributed by atoms with van der Waals surface area (Å²) < 4.78 is 0. The van der Waals surface area contributed by atoms with Crippen LogP contribution in [0.15, 0.2) is 48.9 Å². The van der Waals surface area contributed by atoms with E-state index in [-0.39, 0.29) is 17.2 Å². The van der Waals surface area contributed by atoms with Gasteiger partial charge in [0.1, 0.15) is 5.69 Å². The van der Waals surface area contributed by atoms with E-state index in [1.54, 1.807) is 11.1 Å². The molecule has 0 bridgehead atoms. The molecule has 6 nitrogen and oxygen atoms in total. The van der Waals surface area contributed by atoms with E-state index in [0.29, 0.717) is 31.7 Å². The number of para-hydroxylation sites is 1. The highest BCUT2D eigenvalue weighted by Crippen LogP contribution is 2.42. The largest absolute Gasteiger partial charge is 0.337 e. The second kappa shape index (κ2) is 5.70. The highest BCUT2D eigenvalue weighted by Gasteiger charge is 2.48. The average Bonchev–Trinajstić information content (AvgIpc) is 3.19. The summed E-state index contributed by atoms with van der Waals surface area (Å²) in [5.74, 6) is 0.0283. The van der Waals surface area contributed by atoms with Gasteiger partial charge in [-0.05, 0) is 18.6 Å². The van der Waals surface area contributed by atoms with Gasteiger partial charge in [-0.2, -0.15) is 0 Å². The fourth-order valence-electron chi connectivity index (χ4n) is 3.69. The van der Waals surface area contributed by atoms with E-state index >= 15 is 0 Å². The normalized spacial score (nSPS) is 23.2. The van der Waals surface area contributed by atoms with Crippen LogP contribution in [-0.2, 0) is 4.79 Å². The van der Waals surface area contributed by atoms with Gasteiger partial charge in [0.25, 0.3) is 5.91 Å². The minimum atomic E-state index is -0.148. The van der Waals surface area contributed by atoms with Crippen LogP contribution in [0.2, 0.25) is 0 Å². The van der Waals surface area contributed by atoms with Crippen LogP contribution in [0.1, 0.15) is 23.3 Å². The number of aromatic nitrogens is 2. The Morgan fingerprint density at radius 3 is 2.71 bits per heavy atom. The maximum Gasteiger partial charge on any atom is 0.274 e. The SMILES string of the molecule is O=C(c1cnccn1)N1CCC2(CC(=O)N(c3ccccc3)C2)C1. The summed E-state index contributed by atoms with van der Waals surface area (Å²) in [6.45, 7) is 1.92. The predicted octanol–water partition coefficient (Wildman–Crippen LogP) is 1.75. The first-order chi connectivity index (χ1) is 11.7. The van der Waals surface area contributed by atoms with Crippen LogP contribution in [0.5, 0.6) is 0 Å². The zero-order chi connectivity index (χ0) is 16.6. The molecule has 0 saturated carbocycles. The maximum absolute atomic E-state index is 12.5. The molecule has 0 aliphatic carbocycles. The minimum Gasteiger partial charge on any atom is -0.337 e. The molecular formula is C18H18N4O2. The highest BCUT2D eigenvalue weighted by atomic mass is 16.2. The molecule has 2 amide bonds. The number of likely N-dealkylation sites (tertiary alicyclic amines) is 1. The summed E-state index contributed by atoms with van der Waals surface area (Å²) in [5.41, 5.74) is 1.14. The van der Waals surface area contributed by atoms with Gasteiger partial charge in [-0.1, -0.05) is 18.2 Å². The molecule has 1 unspecified atom stereocenters. The van der Waals surface area contributed by atoms with Crippen LogP contribution in [0.4, 0.5) is 5.69 Å². The van der Waals surface area contributed by atoms with Crippen LogP contribution in [0.25, 0.3) is 0 Å². The number of nitrogens with zero attached hydrogens (tertiary/aromatic N) is 4. The summed E-state index contributed by atoms with van der Waals surface area (Å²) in [5, 5.41) is 0. The van der Waals surface area contributed by atoms with Gasteiger partial charge in [0, 0.05) is 49.6 Å². The molecule has 0 radical (unpaired) electrons. The Morgan fingerprint density at radius 1 is 1.12 bits per heavy atom. The lowest BCUT2D eigenvalue weighted by Crippen LogP contribution is -2.34. The van der Waals surface area contributed by atoms with Gasteiger partial charge in [0.05, 0.1) is 6.20 Å². The Bertz CT molecular complexity index is 765. The molecule has 2 aromatic rings. The molecule has 2 aliphatic rings. The molecule has 1 atom stereocenters. The number of carbonyl (C=O) groups excluding carboxylic acids is 2. The van der Waals surface area contributed by atoms with E-state index in [4.69, 9.17) is 0 Å². The number of anilines is 1. The lowest BCUT2D eigenvalue weighted by molar-refractivity contribution is -0.117. The van der Waals surface area contributed by atoms with Gasteiger partial charge in [0.15, 0.2) is 0 Å². The second-order valence-electron chi connectivity index (χ2n) is 6.56. The first-order valence-corrected chi connectivity index (χ1v) is 8.08. The van der Waals surface area contributed by atoms with Crippen LogP contribution >= 0.6 is 0 Å². The molecule has 2 aliphatic heterocycles. The molecule has 0 N–H and O–H groups in total. The molecule has 6 heteroatoms. The Balaban J connectivity index is 1.50. The van der Waals surface area contributed by atoms with Crippen molar-refractivity contribution in [2.75, 3.05) is 24.5 Å². The number of benzene rings is 1. The third-order valence-corrected chi connectivity index (χ3v) is 4.90. The maximum atomic E-state index is 12.5. The summed E-state index contributed by atoms with van der Waals surface area (Å²) in [4.78, 5) is 36.7. The molecular weight excluding hydrogens is 304 g/mol. The van der Waals surface area contributed by atoms with Crippen molar-refractivity contribution in [2.24, 2.45) is 5.41 Å². The Kier molecular flexibility index (Phi) is 3.52. The quantitative estimate of drug-likeness (QED) is 0.845. The number of carbonyl (C=O) groups is 2. The Hall–Kier alpha value is -2.76.